The van der Waals surface area contributed by atoms with Crippen molar-refractivity contribution in [3.63, 3.8) is 0 Å². The third kappa shape index (κ3) is 2.63. The van der Waals surface area contributed by atoms with Crippen LogP contribution in [0.25, 0.3) is 5.52 Å². The summed E-state index contributed by atoms with van der Waals surface area (Å²) in [6, 6.07) is 3.59. The van der Waals surface area contributed by atoms with Crippen molar-refractivity contribution in [3.05, 3.63) is 36.4 Å². The highest BCUT2D eigenvalue weighted by molar-refractivity contribution is 5.96. The lowest BCUT2D eigenvalue weighted by Crippen LogP contribution is -2.61. The van der Waals surface area contributed by atoms with Gasteiger partial charge in [-0.3, -0.25) is 14.4 Å². The van der Waals surface area contributed by atoms with E-state index >= 15 is 0 Å². The second-order valence-electron chi connectivity index (χ2n) is 6.57. The van der Waals surface area contributed by atoms with Gasteiger partial charge in [0.25, 0.3) is 5.91 Å². The molecule has 0 aliphatic carbocycles. The van der Waals surface area contributed by atoms with Crippen LogP contribution in [-0.2, 0) is 9.59 Å². The number of pyridine rings is 1. The SMILES string of the molecule is CNC(=O)C1CC(=O)N(C2CN(C(=O)c3ccn4cncc4c3)C2)C1. The van der Waals surface area contributed by atoms with E-state index in [0.29, 0.717) is 25.2 Å². The van der Waals surface area contributed by atoms with E-state index in [1.54, 1.807) is 35.4 Å². The molecule has 2 aliphatic rings. The lowest BCUT2D eigenvalue weighted by Gasteiger charge is -2.44. The van der Waals surface area contributed by atoms with Crippen LogP contribution in [0.4, 0.5) is 0 Å². The first kappa shape index (κ1) is 15.6. The van der Waals surface area contributed by atoms with Crippen molar-refractivity contribution in [2.24, 2.45) is 5.92 Å². The summed E-state index contributed by atoms with van der Waals surface area (Å²) in [6.45, 7) is 1.46. The standard InChI is InChI=1S/C17H19N5O3/c1-18-16(24)12-5-15(23)22(7-12)14-8-21(9-14)17(25)11-2-3-20-10-19-6-13(20)4-11/h2-4,6,10,12,14H,5,7-9H2,1H3,(H,18,24). The summed E-state index contributed by atoms with van der Waals surface area (Å²) >= 11 is 0. The molecule has 0 spiro atoms. The van der Waals surface area contributed by atoms with Crippen molar-refractivity contribution >= 4 is 23.2 Å². The molecule has 1 atom stereocenters. The summed E-state index contributed by atoms with van der Waals surface area (Å²) in [7, 11) is 1.58. The predicted molar refractivity (Wildman–Crippen MR) is 88.8 cm³/mol. The fourth-order valence-electron chi connectivity index (χ4n) is 3.52. The van der Waals surface area contributed by atoms with Gasteiger partial charge in [0.2, 0.25) is 11.8 Å². The van der Waals surface area contributed by atoms with Crippen molar-refractivity contribution in [3.8, 4) is 0 Å². The first-order chi connectivity index (χ1) is 12.1. The number of hydrogen-bond acceptors (Lipinski definition) is 4. The van der Waals surface area contributed by atoms with Crippen LogP contribution < -0.4 is 5.32 Å². The number of carbonyl (C=O) groups is 3. The summed E-state index contributed by atoms with van der Waals surface area (Å²) < 4.78 is 1.84. The van der Waals surface area contributed by atoms with Crippen molar-refractivity contribution in [1.29, 1.82) is 0 Å². The molecule has 25 heavy (non-hydrogen) atoms. The fourth-order valence-corrected chi connectivity index (χ4v) is 3.52. The van der Waals surface area contributed by atoms with Gasteiger partial charge >= 0.3 is 0 Å². The molecule has 0 radical (unpaired) electrons. The number of fused-ring (bicyclic) bond motifs is 1. The van der Waals surface area contributed by atoms with Crippen molar-refractivity contribution in [2.75, 3.05) is 26.7 Å². The highest BCUT2D eigenvalue weighted by Crippen LogP contribution is 2.26. The summed E-state index contributed by atoms with van der Waals surface area (Å²) in [5, 5.41) is 2.59. The molecular formula is C17H19N5O3. The van der Waals surface area contributed by atoms with Gasteiger partial charge in [0.05, 0.1) is 30.0 Å². The van der Waals surface area contributed by atoms with Crippen LogP contribution in [0.5, 0.6) is 0 Å². The molecule has 130 valence electrons. The third-order valence-electron chi connectivity index (χ3n) is 5.03. The monoisotopic (exact) mass is 341 g/mol. The lowest BCUT2D eigenvalue weighted by molar-refractivity contribution is -0.132. The molecule has 4 heterocycles. The number of nitrogens with one attached hydrogen (secondary N) is 1. The Kier molecular flexibility index (Phi) is 3.67. The van der Waals surface area contributed by atoms with E-state index in [0.717, 1.165) is 5.52 Å². The Labute approximate surface area is 144 Å². The maximum atomic E-state index is 12.6. The van der Waals surface area contributed by atoms with Crippen LogP contribution in [0.15, 0.2) is 30.9 Å². The van der Waals surface area contributed by atoms with E-state index in [1.165, 1.54) is 0 Å². The van der Waals surface area contributed by atoms with Gasteiger partial charge < -0.3 is 19.5 Å². The van der Waals surface area contributed by atoms with Crippen molar-refractivity contribution in [2.45, 2.75) is 12.5 Å². The minimum atomic E-state index is -0.286. The lowest BCUT2D eigenvalue weighted by atomic mass is 10.0. The number of imidazole rings is 1. The Balaban J connectivity index is 1.39. The van der Waals surface area contributed by atoms with Gasteiger partial charge in [0.15, 0.2) is 0 Å². The molecule has 8 heteroatoms. The zero-order chi connectivity index (χ0) is 17.6. The molecule has 3 amide bonds. The Hall–Kier alpha value is -2.90. The second kappa shape index (κ2) is 5.87. The number of aromatic nitrogens is 2. The van der Waals surface area contributed by atoms with E-state index in [4.69, 9.17) is 0 Å². The molecule has 2 aliphatic heterocycles. The average Bonchev–Trinajstić information content (AvgIpc) is 3.19. The number of amides is 3. The van der Waals surface area contributed by atoms with Crippen LogP contribution in [0, 0.1) is 5.92 Å². The minimum Gasteiger partial charge on any atom is -0.359 e. The molecule has 2 aromatic rings. The molecule has 2 aromatic heterocycles. The van der Waals surface area contributed by atoms with Gasteiger partial charge in [-0.25, -0.2) is 4.98 Å². The molecule has 0 aromatic carbocycles. The summed E-state index contributed by atoms with van der Waals surface area (Å²) in [4.78, 5) is 43.9. The molecule has 1 N–H and O–H groups in total. The van der Waals surface area contributed by atoms with E-state index in [-0.39, 0.29) is 36.1 Å². The van der Waals surface area contributed by atoms with Gasteiger partial charge in [0.1, 0.15) is 0 Å². The van der Waals surface area contributed by atoms with Gasteiger partial charge in [-0.15, -0.1) is 0 Å². The molecule has 1 unspecified atom stereocenters. The van der Waals surface area contributed by atoms with Gasteiger partial charge in [-0.2, -0.15) is 0 Å². The third-order valence-corrected chi connectivity index (χ3v) is 5.03. The quantitative estimate of drug-likeness (QED) is 0.834. The van der Waals surface area contributed by atoms with E-state index < -0.39 is 0 Å². The van der Waals surface area contributed by atoms with E-state index in [1.807, 2.05) is 16.7 Å². The Bertz CT molecular complexity index is 855. The molecule has 8 nitrogen and oxygen atoms in total. The zero-order valence-corrected chi connectivity index (χ0v) is 13.9. The summed E-state index contributed by atoms with van der Waals surface area (Å²) in [5.41, 5.74) is 1.48. The van der Waals surface area contributed by atoms with Crippen LogP contribution in [0.3, 0.4) is 0 Å². The maximum Gasteiger partial charge on any atom is 0.254 e. The fraction of sp³-hybridized carbons (Fsp3) is 0.412. The number of rotatable bonds is 3. The van der Waals surface area contributed by atoms with Gasteiger partial charge in [-0.1, -0.05) is 0 Å². The van der Waals surface area contributed by atoms with Crippen molar-refractivity contribution in [1.82, 2.24) is 24.5 Å². The summed E-state index contributed by atoms with van der Waals surface area (Å²) in [5.74, 6) is -0.440. The van der Waals surface area contributed by atoms with Crippen molar-refractivity contribution < 1.29 is 14.4 Å². The molecule has 4 rings (SSSR count). The molecule has 0 bridgehead atoms. The highest BCUT2D eigenvalue weighted by Gasteiger charge is 2.43. The topological polar surface area (TPSA) is 87.0 Å². The number of hydrogen-bond donors (Lipinski definition) is 1. The number of carbonyl (C=O) groups excluding carboxylic acids is 3. The normalized spacial score (nSPS) is 20.8. The van der Waals surface area contributed by atoms with Crippen LogP contribution in [0.2, 0.25) is 0 Å². The molecule has 2 fully saturated rings. The Morgan fingerprint density at radius 2 is 2.08 bits per heavy atom. The number of likely N-dealkylation sites (tertiary alicyclic amines) is 2. The van der Waals surface area contributed by atoms with Crippen LogP contribution >= 0.6 is 0 Å². The van der Waals surface area contributed by atoms with E-state index in [2.05, 4.69) is 10.3 Å². The first-order valence-electron chi connectivity index (χ1n) is 8.29. The second-order valence-corrected chi connectivity index (χ2v) is 6.57. The minimum absolute atomic E-state index is 0.00445. The van der Waals surface area contributed by atoms with E-state index in [9.17, 15) is 14.4 Å². The Morgan fingerprint density at radius 3 is 2.84 bits per heavy atom. The number of nitrogens with zero attached hydrogens (tertiary/aromatic N) is 4. The Morgan fingerprint density at radius 1 is 1.28 bits per heavy atom. The largest absolute Gasteiger partial charge is 0.359 e. The van der Waals surface area contributed by atoms with Gasteiger partial charge in [0, 0.05) is 44.9 Å². The highest BCUT2D eigenvalue weighted by atomic mass is 16.2. The van der Waals surface area contributed by atoms with Crippen LogP contribution in [-0.4, -0.2) is 69.6 Å². The molecule has 0 saturated carbocycles. The van der Waals surface area contributed by atoms with Crippen LogP contribution in [0.1, 0.15) is 16.8 Å². The average molecular weight is 341 g/mol. The summed E-state index contributed by atoms with van der Waals surface area (Å²) in [6.07, 6.45) is 5.45. The molecule has 2 saturated heterocycles. The van der Waals surface area contributed by atoms with Gasteiger partial charge in [-0.05, 0) is 12.1 Å². The zero-order valence-electron chi connectivity index (χ0n) is 13.9. The first-order valence-corrected chi connectivity index (χ1v) is 8.29. The molecular weight excluding hydrogens is 322 g/mol. The smallest absolute Gasteiger partial charge is 0.254 e. The maximum absolute atomic E-state index is 12.6. The predicted octanol–water partition coefficient (Wildman–Crippen LogP) is -0.247.